The average molecular weight is 340 g/mol. The summed E-state index contributed by atoms with van der Waals surface area (Å²) in [5, 5.41) is 1.76. The van der Waals surface area contributed by atoms with E-state index in [2.05, 4.69) is 11.9 Å². The van der Waals surface area contributed by atoms with Gasteiger partial charge in [0.1, 0.15) is 5.75 Å². The third-order valence-electron chi connectivity index (χ3n) is 4.69. The van der Waals surface area contributed by atoms with Gasteiger partial charge in [-0.15, -0.1) is 0 Å². The lowest BCUT2D eigenvalue weighted by Gasteiger charge is -2.18. The summed E-state index contributed by atoms with van der Waals surface area (Å²) in [5.41, 5.74) is 4.32. The van der Waals surface area contributed by atoms with Crippen molar-refractivity contribution in [3.8, 4) is 5.75 Å². The SMILES string of the molecule is CC1CCc2[nH]c3ccc(C(=O)Oc4ccc(Cl)cc4)cc3c2C1. The number of aromatic nitrogens is 1. The fraction of sp³-hybridized carbons (Fsp3) is 0.250. The van der Waals surface area contributed by atoms with Crippen LogP contribution in [0.25, 0.3) is 10.9 Å². The van der Waals surface area contributed by atoms with E-state index < -0.39 is 0 Å². The number of fused-ring (bicyclic) bond motifs is 3. The van der Waals surface area contributed by atoms with Gasteiger partial charge >= 0.3 is 5.97 Å². The highest BCUT2D eigenvalue weighted by Crippen LogP contribution is 2.32. The quantitative estimate of drug-likeness (QED) is 0.517. The van der Waals surface area contributed by atoms with Gasteiger partial charge in [-0.25, -0.2) is 4.79 Å². The molecule has 4 heteroatoms. The second kappa shape index (κ2) is 5.99. The summed E-state index contributed by atoms with van der Waals surface area (Å²) in [6.07, 6.45) is 3.35. The van der Waals surface area contributed by atoms with Crippen LogP contribution in [0.4, 0.5) is 0 Å². The van der Waals surface area contributed by atoms with Crippen molar-refractivity contribution >= 4 is 28.5 Å². The van der Waals surface area contributed by atoms with E-state index in [0.717, 1.165) is 23.7 Å². The Balaban J connectivity index is 1.65. The first-order chi connectivity index (χ1) is 11.6. The maximum atomic E-state index is 12.4. The molecule has 1 atom stereocenters. The van der Waals surface area contributed by atoms with Gasteiger partial charge in [0.25, 0.3) is 0 Å². The Hall–Kier alpha value is -2.26. The standard InChI is InChI=1S/C20H18ClNO2/c1-12-2-8-18-16(10-12)17-11-13(3-9-19(17)22-18)20(23)24-15-6-4-14(21)5-7-15/h3-7,9,11-12,22H,2,8,10H2,1H3. The minimum absolute atomic E-state index is 0.349. The second-order valence-electron chi connectivity index (χ2n) is 6.53. The summed E-state index contributed by atoms with van der Waals surface area (Å²) in [6.45, 7) is 2.28. The van der Waals surface area contributed by atoms with Crippen molar-refractivity contribution in [2.45, 2.75) is 26.2 Å². The number of esters is 1. The van der Waals surface area contributed by atoms with E-state index in [-0.39, 0.29) is 5.97 Å². The van der Waals surface area contributed by atoms with Crippen molar-refractivity contribution in [2.24, 2.45) is 5.92 Å². The van der Waals surface area contributed by atoms with E-state index in [1.165, 1.54) is 17.7 Å². The van der Waals surface area contributed by atoms with Gasteiger partial charge in [0.2, 0.25) is 0 Å². The molecule has 1 unspecified atom stereocenters. The van der Waals surface area contributed by atoms with E-state index in [1.54, 1.807) is 24.3 Å². The molecule has 1 aromatic heterocycles. The van der Waals surface area contributed by atoms with Crippen molar-refractivity contribution in [1.29, 1.82) is 0 Å². The van der Waals surface area contributed by atoms with Crippen molar-refractivity contribution < 1.29 is 9.53 Å². The number of hydrogen-bond acceptors (Lipinski definition) is 2. The Labute approximate surface area is 145 Å². The Morgan fingerprint density at radius 1 is 1.21 bits per heavy atom. The summed E-state index contributed by atoms with van der Waals surface area (Å²) < 4.78 is 5.44. The summed E-state index contributed by atoms with van der Waals surface area (Å²) in [6, 6.07) is 12.5. The van der Waals surface area contributed by atoms with Gasteiger partial charge in [-0.1, -0.05) is 18.5 Å². The van der Waals surface area contributed by atoms with Crippen molar-refractivity contribution in [1.82, 2.24) is 4.98 Å². The van der Waals surface area contributed by atoms with Gasteiger partial charge in [-0.05, 0) is 73.2 Å². The fourth-order valence-corrected chi connectivity index (χ4v) is 3.51. The molecule has 24 heavy (non-hydrogen) atoms. The first-order valence-electron chi connectivity index (χ1n) is 8.21. The largest absolute Gasteiger partial charge is 0.423 e. The Bertz CT molecular complexity index is 911. The number of aryl methyl sites for hydroxylation is 1. The van der Waals surface area contributed by atoms with E-state index >= 15 is 0 Å². The highest BCUT2D eigenvalue weighted by Gasteiger charge is 2.21. The maximum Gasteiger partial charge on any atom is 0.343 e. The van der Waals surface area contributed by atoms with Crippen LogP contribution in [0, 0.1) is 5.92 Å². The van der Waals surface area contributed by atoms with Crippen molar-refractivity contribution in [2.75, 3.05) is 0 Å². The number of hydrogen-bond donors (Lipinski definition) is 1. The van der Waals surface area contributed by atoms with E-state index in [9.17, 15) is 4.79 Å². The highest BCUT2D eigenvalue weighted by molar-refractivity contribution is 6.30. The molecule has 0 bridgehead atoms. The van der Waals surface area contributed by atoms with Gasteiger partial charge < -0.3 is 9.72 Å². The molecule has 1 heterocycles. The van der Waals surface area contributed by atoms with Crippen LogP contribution < -0.4 is 4.74 Å². The number of nitrogens with one attached hydrogen (secondary N) is 1. The van der Waals surface area contributed by atoms with Gasteiger partial charge in [0.15, 0.2) is 0 Å². The Kier molecular flexibility index (Phi) is 3.81. The number of benzene rings is 2. The number of carbonyl (C=O) groups excluding carboxylic acids is 1. The lowest BCUT2D eigenvalue weighted by molar-refractivity contribution is 0.0735. The molecule has 122 valence electrons. The molecular formula is C20H18ClNO2. The fourth-order valence-electron chi connectivity index (χ4n) is 3.39. The first kappa shape index (κ1) is 15.3. The summed E-state index contributed by atoms with van der Waals surface area (Å²) >= 11 is 5.85. The lowest BCUT2D eigenvalue weighted by Crippen LogP contribution is -2.10. The van der Waals surface area contributed by atoms with Gasteiger partial charge in [-0.2, -0.15) is 0 Å². The Morgan fingerprint density at radius 3 is 2.79 bits per heavy atom. The van der Waals surface area contributed by atoms with E-state index in [4.69, 9.17) is 16.3 Å². The molecule has 3 nitrogen and oxygen atoms in total. The van der Waals surface area contributed by atoms with E-state index in [0.29, 0.717) is 22.3 Å². The molecule has 4 rings (SSSR count). The Morgan fingerprint density at radius 2 is 2.00 bits per heavy atom. The number of ether oxygens (including phenoxy) is 1. The van der Waals surface area contributed by atoms with Crippen LogP contribution in [0.2, 0.25) is 5.02 Å². The van der Waals surface area contributed by atoms with Crippen LogP contribution in [-0.4, -0.2) is 11.0 Å². The molecule has 0 saturated carbocycles. The zero-order valence-corrected chi connectivity index (χ0v) is 14.2. The molecule has 1 aliphatic carbocycles. The number of halogens is 1. The van der Waals surface area contributed by atoms with Crippen LogP contribution in [0.3, 0.4) is 0 Å². The molecule has 1 aliphatic rings. The molecule has 0 aliphatic heterocycles. The minimum atomic E-state index is -0.349. The van der Waals surface area contributed by atoms with Crippen LogP contribution >= 0.6 is 11.6 Å². The maximum absolute atomic E-state index is 12.4. The zero-order chi connectivity index (χ0) is 16.7. The van der Waals surface area contributed by atoms with Gasteiger partial charge in [-0.3, -0.25) is 0 Å². The number of H-pyrrole nitrogens is 1. The van der Waals surface area contributed by atoms with Crippen molar-refractivity contribution in [3.05, 3.63) is 64.3 Å². The number of aromatic amines is 1. The molecular weight excluding hydrogens is 322 g/mol. The average Bonchev–Trinajstić information content (AvgIpc) is 2.94. The first-order valence-corrected chi connectivity index (χ1v) is 8.59. The topological polar surface area (TPSA) is 42.1 Å². The molecule has 1 N–H and O–H groups in total. The van der Waals surface area contributed by atoms with Crippen LogP contribution in [-0.2, 0) is 12.8 Å². The van der Waals surface area contributed by atoms with Crippen LogP contribution in [0.5, 0.6) is 5.75 Å². The highest BCUT2D eigenvalue weighted by atomic mass is 35.5. The number of rotatable bonds is 2. The molecule has 3 aromatic rings. The normalized spacial score (nSPS) is 16.8. The predicted octanol–water partition coefficient (Wildman–Crippen LogP) is 5.17. The molecule has 2 aromatic carbocycles. The third-order valence-corrected chi connectivity index (χ3v) is 4.95. The molecule has 0 saturated heterocycles. The predicted molar refractivity (Wildman–Crippen MR) is 95.9 cm³/mol. The van der Waals surface area contributed by atoms with Gasteiger partial charge in [0.05, 0.1) is 5.56 Å². The second-order valence-corrected chi connectivity index (χ2v) is 6.97. The summed E-state index contributed by atoms with van der Waals surface area (Å²) in [4.78, 5) is 15.9. The van der Waals surface area contributed by atoms with Crippen molar-refractivity contribution in [3.63, 3.8) is 0 Å². The molecule has 0 amide bonds. The monoisotopic (exact) mass is 339 g/mol. The third kappa shape index (κ3) is 2.80. The minimum Gasteiger partial charge on any atom is -0.423 e. The lowest BCUT2D eigenvalue weighted by atomic mass is 9.87. The molecule has 0 radical (unpaired) electrons. The smallest absolute Gasteiger partial charge is 0.343 e. The summed E-state index contributed by atoms with van der Waals surface area (Å²) in [7, 11) is 0. The number of carbonyl (C=O) groups is 1. The van der Waals surface area contributed by atoms with Gasteiger partial charge in [0, 0.05) is 21.6 Å². The summed E-state index contributed by atoms with van der Waals surface area (Å²) in [5.74, 6) is 0.827. The van der Waals surface area contributed by atoms with Crippen LogP contribution in [0.15, 0.2) is 42.5 Å². The van der Waals surface area contributed by atoms with Crippen LogP contribution in [0.1, 0.15) is 35.0 Å². The zero-order valence-electron chi connectivity index (χ0n) is 13.4. The van der Waals surface area contributed by atoms with E-state index in [1.807, 2.05) is 18.2 Å². The molecule has 0 fully saturated rings. The molecule has 0 spiro atoms.